The number of hydrogen-bond donors (Lipinski definition) is 1. The van der Waals surface area contributed by atoms with Gasteiger partial charge in [-0.05, 0) is 0 Å². The van der Waals surface area contributed by atoms with Gasteiger partial charge < -0.3 is 0 Å². The molecule has 1 N–H and O–H groups in total. The number of hydrogen-bond acceptors (Lipinski definition) is 6. The predicted molar refractivity (Wildman–Crippen MR) is 147 cm³/mol. The molecule has 1 amide bonds. The van der Waals surface area contributed by atoms with Crippen molar-refractivity contribution < 1.29 is 20.2 Å². The molecule has 0 saturated carbocycles. The van der Waals surface area contributed by atoms with Gasteiger partial charge in [0, 0.05) is 0 Å². The van der Waals surface area contributed by atoms with Gasteiger partial charge in [0.15, 0.2) is 0 Å². The zero-order valence-corrected chi connectivity index (χ0v) is 23.6. The van der Waals surface area contributed by atoms with Gasteiger partial charge in [0.2, 0.25) is 0 Å². The molecule has 0 saturated heterocycles. The molecule has 0 bridgehead atoms. The Balaban J connectivity index is 1.70. The van der Waals surface area contributed by atoms with Gasteiger partial charge >= 0.3 is 220 Å². The number of carbonyl (C=O) groups excluding carboxylic acids is 1. The molecule has 7 nitrogen and oxygen atoms in total. The average molecular weight is 618 g/mol. The third-order valence-corrected chi connectivity index (χ3v) is 13.7. The van der Waals surface area contributed by atoms with Crippen molar-refractivity contribution in [2.75, 3.05) is 5.32 Å². The first-order valence-corrected chi connectivity index (χ1v) is 15.6. The van der Waals surface area contributed by atoms with Gasteiger partial charge in [0.25, 0.3) is 0 Å². The zero-order chi connectivity index (χ0) is 26.0. The van der Waals surface area contributed by atoms with Crippen LogP contribution in [0.25, 0.3) is 0 Å². The fourth-order valence-corrected chi connectivity index (χ4v) is 11.3. The number of halogens is 1. The standard InChI is InChI=1S/C27H27IN2O5S/c1-17-6-12-24(13-7-17)36(32,33)35-28(26-19(3)14-18(2)15-20(26)4)22-8-10-23(11-9-22)30-27(31)25-16-29-34-21(25)5/h6-16H,1-5H3,(H,30,31). The Hall–Kier alpha value is -3.02. The maximum atomic E-state index is 13.3. The van der Waals surface area contributed by atoms with E-state index in [1.807, 2.05) is 52.0 Å². The summed E-state index contributed by atoms with van der Waals surface area (Å²) in [6.07, 6.45) is 1.37. The summed E-state index contributed by atoms with van der Waals surface area (Å²) in [6, 6.07) is 17.9. The first-order chi connectivity index (χ1) is 17.0. The maximum absolute atomic E-state index is 13.3. The molecule has 4 rings (SSSR count). The van der Waals surface area contributed by atoms with Gasteiger partial charge in [-0.25, -0.2) is 0 Å². The predicted octanol–water partition coefficient (Wildman–Crippen LogP) is 6.34. The van der Waals surface area contributed by atoms with Crippen molar-refractivity contribution in [2.24, 2.45) is 0 Å². The molecule has 0 spiro atoms. The van der Waals surface area contributed by atoms with E-state index in [9.17, 15) is 13.2 Å². The van der Waals surface area contributed by atoms with Crippen LogP contribution < -0.4 is 5.32 Å². The Morgan fingerprint density at radius 3 is 2.06 bits per heavy atom. The molecule has 188 valence electrons. The Morgan fingerprint density at radius 2 is 1.50 bits per heavy atom. The fraction of sp³-hybridized carbons (Fsp3) is 0.185. The summed E-state index contributed by atoms with van der Waals surface area (Å²) in [6.45, 7) is 9.55. The normalized spacial score (nSPS) is 11.9. The molecule has 3 aromatic carbocycles. The van der Waals surface area contributed by atoms with Crippen LogP contribution in [0.4, 0.5) is 5.69 Å². The molecule has 1 aromatic heterocycles. The van der Waals surface area contributed by atoms with Crippen molar-refractivity contribution in [1.82, 2.24) is 5.16 Å². The molecule has 4 aromatic rings. The molecule has 0 radical (unpaired) electrons. The molecule has 0 fully saturated rings. The minimum absolute atomic E-state index is 0.130. The molecule has 0 aliphatic heterocycles. The van der Waals surface area contributed by atoms with Crippen molar-refractivity contribution in [3.8, 4) is 0 Å². The molecule has 0 aliphatic rings. The summed E-state index contributed by atoms with van der Waals surface area (Å²) in [5, 5.41) is 6.46. The second kappa shape index (κ2) is 10.5. The number of benzene rings is 3. The number of aryl methyl sites for hydroxylation is 5. The molecule has 0 atom stereocenters. The van der Waals surface area contributed by atoms with E-state index < -0.39 is 30.4 Å². The van der Waals surface area contributed by atoms with Crippen LogP contribution in [0.2, 0.25) is 0 Å². The van der Waals surface area contributed by atoms with Crippen molar-refractivity contribution in [2.45, 2.75) is 39.5 Å². The SMILES string of the molecule is Cc1ccc(S(=O)(=O)OI(c2ccc(NC(=O)c3cnoc3C)cc2)c2c(C)cc(C)cc2C)cc1. The van der Waals surface area contributed by atoms with E-state index in [4.69, 9.17) is 7.04 Å². The molecular formula is C27H27IN2O5S. The number of carbonyl (C=O) groups is 1. The van der Waals surface area contributed by atoms with Crippen LogP contribution in [0.1, 0.15) is 38.4 Å². The summed E-state index contributed by atoms with van der Waals surface area (Å²) < 4.78 is 39.4. The van der Waals surface area contributed by atoms with Crippen LogP contribution >= 0.6 is 20.2 Å². The van der Waals surface area contributed by atoms with Crippen molar-refractivity contribution >= 4 is 41.9 Å². The van der Waals surface area contributed by atoms with E-state index in [0.29, 0.717) is 17.0 Å². The van der Waals surface area contributed by atoms with Gasteiger partial charge in [-0.15, -0.1) is 0 Å². The number of amides is 1. The molecule has 9 heteroatoms. The second-order valence-corrected chi connectivity index (χ2v) is 14.9. The van der Waals surface area contributed by atoms with Gasteiger partial charge in [0.1, 0.15) is 0 Å². The first-order valence-electron chi connectivity index (χ1n) is 11.2. The number of anilines is 1. The van der Waals surface area contributed by atoms with Crippen molar-refractivity contribution in [1.29, 1.82) is 0 Å². The van der Waals surface area contributed by atoms with Gasteiger partial charge in [-0.1, -0.05) is 0 Å². The Bertz CT molecular complexity index is 1490. The first kappa shape index (κ1) is 26.1. The number of rotatable bonds is 7. The molecule has 0 unspecified atom stereocenters. The molecule has 0 aliphatic carbocycles. The summed E-state index contributed by atoms with van der Waals surface area (Å²) in [5.41, 5.74) is 4.99. The Morgan fingerprint density at radius 1 is 0.889 bits per heavy atom. The number of nitrogens with one attached hydrogen (secondary N) is 1. The fourth-order valence-electron chi connectivity index (χ4n) is 3.80. The monoisotopic (exact) mass is 618 g/mol. The Labute approximate surface area is 218 Å². The van der Waals surface area contributed by atoms with E-state index in [1.54, 1.807) is 43.3 Å². The minimum atomic E-state index is -4.00. The van der Waals surface area contributed by atoms with Crippen molar-refractivity contribution in [3.05, 3.63) is 108 Å². The average Bonchev–Trinajstić information content (AvgIpc) is 3.24. The van der Waals surface area contributed by atoms with Crippen LogP contribution in [0.15, 0.2) is 76.3 Å². The zero-order valence-electron chi connectivity index (χ0n) is 20.6. The quantitative estimate of drug-likeness (QED) is 0.243. The van der Waals surface area contributed by atoms with Crippen LogP contribution in [-0.4, -0.2) is 19.5 Å². The summed E-state index contributed by atoms with van der Waals surface area (Å²) in [4.78, 5) is 12.7. The Kier molecular flexibility index (Phi) is 7.62. The van der Waals surface area contributed by atoms with Crippen LogP contribution in [-0.2, 0) is 12.6 Å². The van der Waals surface area contributed by atoms with Crippen LogP contribution in [0.3, 0.4) is 0 Å². The van der Waals surface area contributed by atoms with Gasteiger partial charge in [-0.2, -0.15) is 0 Å². The summed E-state index contributed by atoms with van der Waals surface area (Å²) in [7, 11) is -4.00. The summed E-state index contributed by atoms with van der Waals surface area (Å²) >= 11 is -2.93. The molecule has 36 heavy (non-hydrogen) atoms. The van der Waals surface area contributed by atoms with Crippen LogP contribution in [0, 0.1) is 41.8 Å². The van der Waals surface area contributed by atoms with E-state index in [-0.39, 0.29) is 10.8 Å². The molecule has 1 heterocycles. The van der Waals surface area contributed by atoms with Crippen molar-refractivity contribution in [3.63, 3.8) is 0 Å². The third kappa shape index (κ3) is 5.69. The number of aromatic nitrogens is 1. The van der Waals surface area contributed by atoms with E-state index >= 15 is 0 Å². The number of nitrogens with zero attached hydrogens (tertiary/aromatic N) is 1. The summed E-state index contributed by atoms with van der Waals surface area (Å²) in [5.74, 6) is 0.0952. The van der Waals surface area contributed by atoms with E-state index in [2.05, 4.69) is 10.5 Å². The topological polar surface area (TPSA) is 98.5 Å². The van der Waals surface area contributed by atoms with Gasteiger partial charge in [0.05, 0.1) is 0 Å². The van der Waals surface area contributed by atoms with Crippen LogP contribution in [0.5, 0.6) is 0 Å². The third-order valence-electron chi connectivity index (χ3n) is 5.50. The molecular weight excluding hydrogens is 591 g/mol. The second-order valence-electron chi connectivity index (χ2n) is 8.55. The van der Waals surface area contributed by atoms with E-state index in [0.717, 1.165) is 29.4 Å². The van der Waals surface area contributed by atoms with Gasteiger partial charge in [-0.3, -0.25) is 0 Å². The van der Waals surface area contributed by atoms with E-state index in [1.165, 1.54) is 6.20 Å².